The molecule has 0 aliphatic heterocycles. The summed E-state index contributed by atoms with van der Waals surface area (Å²) < 4.78 is 49.5. The molecule has 1 atom stereocenters. The second-order valence-corrected chi connectivity index (χ2v) is 11.1. The highest BCUT2D eigenvalue weighted by Gasteiger charge is 2.41. The molecule has 0 fully saturated rings. The van der Waals surface area contributed by atoms with Crippen LogP contribution < -0.4 is 4.74 Å². The van der Waals surface area contributed by atoms with E-state index in [1.165, 1.54) is 6.07 Å². The van der Waals surface area contributed by atoms with Crippen molar-refractivity contribution in [3.63, 3.8) is 0 Å². The van der Waals surface area contributed by atoms with Crippen molar-refractivity contribution >= 4 is 5.97 Å². The zero-order valence-electron chi connectivity index (χ0n) is 22.8. The lowest BCUT2D eigenvalue weighted by Crippen LogP contribution is -2.24. The zero-order chi connectivity index (χ0) is 28.1. The minimum atomic E-state index is -4.73. The number of halogens is 3. The normalized spacial score (nSPS) is 12.8. The molecule has 0 radical (unpaired) electrons. The summed E-state index contributed by atoms with van der Waals surface area (Å²) in [4.78, 5) is 12.6. The van der Waals surface area contributed by atoms with E-state index in [1.54, 1.807) is 6.07 Å². The molecular weight excluding hydrogens is 489 g/mol. The minimum absolute atomic E-state index is 0.0368. The van der Waals surface area contributed by atoms with E-state index in [-0.39, 0.29) is 29.9 Å². The van der Waals surface area contributed by atoms with Crippen LogP contribution in [0.15, 0.2) is 60.7 Å². The van der Waals surface area contributed by atoms with Crippen LogP contribution in [-0.2, 0) is 24.0 Å². The summed E-state index contributed by atoms with van der Waals surface area (Å²) in [5, 5.41) is 10.3. The lowest BCUT2D eigenvalue weighted by Gasteiger charge is -2.29. The van der Waals surface area contributed by atoms with E-state index in [0.29, 0.717) is 5.56 Å². The molecule has 204 valence electrons. The Morgan fingerprint density at radius 2 is 1.68 bits per heavy atom. The fourth-order valence-corrected chi connectivity index (χ4v) is 4.75. The largest absolute Gasteiger partial charge is 0.488 e. The maximum absolute atomic E-state index is 14.5. The molecule has 38 heavy (non-hydrogen) atoms. The van der Waals surface area contributed by atoms with Gasteiger partial charge < -0.3 is 9.84 Å². The number of carboxylic acid groups (broad SMARTS) is 1. The topological polar surface area (TPSA) is 46.5 Å². The van der Waals surface area contributed by atoms with Gasteiger partial charge in [0.25, 0.3) is 0 Å². The molecule has 0 saturated carbocycles. The highest BCUT2D eigenvalue weighted by Crippen LogP contribution is 2.48. The highest BCUT2D eigenvalue weighted by molar-refractivity contribution is 5.85. The molecule has 3 aromatic carbocycles. The molecular formula is C32H37F3O3. The lowest BCUT2D eigenvalue weighted by atomic mass is 9.77. The third-order valence-electron chi connectivity index (χ3n) is 6.65. The lowest BCUT2D eigenvalue weighted by molar-refractivity contribution is -0.142. The van der Waals surface area contributed by atoms with Crippen molar-refractivity contribution in [1.82, 2.24) is 0 Å². The number of aliphatic carboxylic acids is 1. The number of carboxylic acids is 1. The van der Waals surface area contributed by atoms with Crippen LogP contribution >= 0.6 is 0 Å². The van der Waals surface area contributed by atoms with Crippen molar-refractivity contribution in [2.75, 3.05) is 0 Å². The minimum Gasteiger partial charge on any atom is -0.488 e. The molecule has 0 aliphatic carbocycles. The number of rotatable bonds is 10. The summed E-state index contributed by atoms with van der Waals surface area (Å²) in [6, 6.07) is 17.2. The molecule has 0 bridgehead atoms. The molecule has 0 aliphatic rings. The van der Waals surface area contributed by atoms with Gasteiger partial charge in [0.1, 0.15) is 12.4 Å². The Bertz CT molecular complexity index is 1240. The average Bonchev–Trinajstić information content (AvgIpc) is 2.84. The molecule has 1 unspecified atom stereocenters. The van der Waals surface area contributed by atoms with Gasteiger partial charge >= 0.3 is 12.1 Å². The molecule has 3 rings (SSSR count). The van der Waals surface area contributed by atoms with Gasteiger partial charge in [0.15, 0.2) is 0 Å². The summed E-state index contributed by atoms with van der Waals surface area (Å²) in [6.45, 7) is 9.71. The molecule has 0 saturated heterocycles. The number of unbranched alkanes of at least 4 members (excludes halogenated alkanes) is 1. The van der Waals surface area contributed by atoms with E-state index < -0.39 is 29.0 Å². The number of hydrogen-bond acceptors (Lipinski definition) is 2. The van der Waals surface area contributed by atoms with Crippen molar-refractivity contribution in [1.29, 1.82) is 0 Å². The van der Waals surface area contributed by atoms with Crippen LogP contribution in [0.25, 0.3) is 11.1 Å². The maximum Gasteiger partial charge on any atom is 0.416 e. The molecule has 0 heterocycles. The Labute approximate surface area is 223 Å². The van der Waals surface area contributed by atoms with Crippen molar-refractivity contribution in [3.8, 4) is 16.9 Å². The number of benzene rings is 3. The van der Waals surface area contributed by atoms with Crippen molar-refractivity contribution in [3.05, 3.63) is 88.5 Å². The van der Waals surface area contributed by atoms with Gasteiger partial charge in [-0.3, -0.25) is 4.79 Å². The summed E-state index contributed by atoms with van der Waals surface area (Å²) in [7, 11) is 0. The van der Waals surface area contributed by atoms with E-state index in [4.69, 9.17) is 4.74 Å². The van der Waals surface area contributed by atoms with Gasteiger partial charge in [0.2, 0.25) is 0 Å². The van der Waals surface area contributed by atoms with Crippen LogP contribution in [0.3, 0.4) is 0 Å². The molecule has 0 aromatic heterocycles. The van der Waals surface area contributed by atoms with Crippen LogP contribution in [0, 0.1) is 12.3 Å². The van der Waals surface area contributed by atoms with Crippen LogP contribution in [0.5, 0.6) is 5.75 Å². The van der Waals surface area contributed by atoms with Gasteiger partial charge in [-0.15, -0.1) is 0 Å². The summed E-state index contributed by atoms with van der Waals surface area (Å²) in [5.41, 5.74) is 1.97. The van der Waals surface area contributed by atoms with E-state index in [9.17, 15) is 23.1 Å². The molecule has 3 aromatic rings. The first kappa shape index (κ1) is 29.3. The number of aryl methyl sites for hydroxylation is 2. The molecule has 0 amide bonds. The number of alkyl halides is 3. The Hall–Kier alpha value is -3.28. The first-order chi connectivity index (χ1) is 17.8. The molecule has 1 N–H and O–H groups in total. The fourth-order valence-electron chi connectivity index (χ4n) is 4.75. The smallest absolute Gasteiger partial charge is 0.416 e. The van der Waals surface area contributed by atoms with Gasteiger partial charge in [0, 0.05) is 5.56 Å². The Balaban J connectivity index is 2.33. The monoisotopic (exact) mass is 526 g/mol. The van der Waals surface area contributed by atoms with Crippen LogP contribution in [0.1, 0.15) is 80.7 Å². The van der Waals surface area contributed by atoms with Gasteiger partial charge in [-0.2, -0.15) is 13.2 Å². The summed E-state index contributed by atoms with van der Waals surface area (Å²) >= 11 is 0. The second kappa shape index (κ2) is 12.1. The molecule has 3 nitrogen and oxygen atoms in total. The number of hydrogen-bond donors (Lipinski definition) is 1. The summed E-state index contributed by atoms with van der Waals surface area (Å²) in [5.74, 6) is -2.42. The standard InChI is InChI=1S/C32H37F3O3/c1-6-7-13-23-18-24(15-14-21(23)2)28-27(38-20-22-11-9-8-10-12-22)17-16-26(32(33,34)35)29(28)25(30(36)37)19-31(3,4)5/h8-12,14-18,25H,6-7,13,19-20H2,1-5H3,(H,36,37). The first-order valence-electron chi connectivity index (χ1n) is 13.1. The van der Waals surface area contributed by atoms with Crippen LogP contribution in [-0.4, -0.2) is 11.1 Å². The third-order valence-corrected chi connectivity index (χ3v) is 6.65. The number of carbonyl (C=O) groups is 1. The van der Waals surface area contributed by atoms with E-state index in [1.807, 2.05) is 70.2 Å². The predicted molar refractivity (Wildman–Crippen MR) is 145 cm³/mol. The molecule has 6 heteroatoms. The maximum atomic E-state index is 14.5. The second-order valence-electron chi connectivity index (χ2n) is 11.1. The highest BCUT2D eigenvalue weighted by atomic mass is 19.4. The Morgan fingerprint density at radius 3 is 2.26 bits per heavy atom. The van der Waals surface area contributed by atoms with E-state index >= 15 is 0 Å². The van der Waals surface area contributed by atoms with Crippen molar-refractivity contribution in [2.24, 2.45) is 5.41 Å². The van der Waals surface area contributed by atoms with Gasteiger partial charge in [-0.25, -0.2) is 0 Å². The fraction of sp³-hybridized carbons (Fsp3) is 0.406. The van der Waals surface area contributed by atoms with Crippen molar-refractivity contribution < 1.29 is 27.8 Å². The van der Waals surface area contributed by atoms with Crippen molar-refractivity contribution in [2.45, 2.75) is 79.0 Å². The first-order valence-corrected chi connectivity index (χ1v) is 13.1. The zero-order valence-corrected chi connectivity index (χ0v) is 22.8. The van der Waals surface area contributed by atoms with Gasteiger partial charge in [0.05, 0.1) is 11.5 Å². The Kier molecular flexibility index (Phi) is 9.29. The average molecular weight is 527 g/mol. The van der Waals surface area contributed by atoms with E-state index in [0.717, 1.165) is 42.0 Å². The van der Waals surface area contributed by atoms with Gasteiger partial charge in [-0.1, -0.05) is 82.6 Å². The van der Waals surface area contributed by atoms with Gasteiger partial charge in [-0.05, 0) is 71.6 Å². The Morgan fingerprint density at radius 1 is 1.00 bits per heavy atom. The SMILES string of the molecule is CCCCc1cc(-c2c(OCc3ccccc3)ccc(C(F)(F)F)c2C(CC(C)(C)C)C(=O)O)ccc1C. The van der Waals surface area contributed by atoms with Crippen LogP contribution in [0.4, 0.5) is 13.2 Å². The predicted octanol–water partition coefficient (Wildman–Crippen LogP) is 9.21. The number of ether oxygens (including phenoxy) is 1. The molecule has 0 spiro atoms. The van der Waals surface area contributed by atoms with E-state index in [2.05, 4.69) is 6.92 Å². The summed E-state index contributed by atoms with van der Waals surface area (Å²) in [6.07, 6.45) is -1.98. The quantitative estimate of drug-likeness (QED) is 0.286. The third kappa shape index (κ3) is 7.40. The van der Waals surface area contributed by atoms with Crippen LogP contribution in [0.2, 0.25) is 0 Å².